The third-order valence-electron chi connectivity index (χ3n) is 4.64. The van der Waals surface area contributed by atoms with Crippen molar-refractivity contribution in [3.05, 3.63) is 39.0 Å². The fourth-order valence-corrected chi connectivity index (χ4v) is 3.92. The second kappa shape index (κ2) is 8.66. The van der Waals surface area contributed by atoms with Crippen molar-refractivity contribution in [2.24, 2.45) is 14.1 Å². The van der Waals surface area contributed by atoms with Crippen LogP contribution in [-0.2, 0) is 25.4 Å². The summed E-state index contributed by atoms with van der Waals surface area (Å²) in [5.41, 5.74) is 0.247. The number of carbonyl (C=O) groups is 1. The van der Waals surface area contributed by atoms with E-state index in [1.54, 1.807) is 29.8 Å². The van der Waals surface area contributed by atoms with Crippen LogP contribution < -0.4 is 26.0 Å². The lowest BCUT2D eigenvalue weighted by molar-refractivity contribution is -0.113. The van der Waals surface area contributed by atoms with E-state index in [-0.39, 0.29) is 11.7 Å². The van der Waals surface area contributed by atoms with Crippen molar-refractivity contribution in [3.8, 4) is 11.5 Å². The van der Waals surface area contributed by atoms with Gasteiger partial charge in [0.2, 0.25) is 5.91 Å². The lowest BCUT2D eigenvalue weighted by atomic mass is 10.2. The zero-order chi connectivity index (χ0) is 22.0. The average molecular weight is 433 g/mol. The number of benzene rings is 1. The Morgan fingerprint density at radius 3 is 2.53 bits per heavy atom. The molecule has 0 atom stereocenters. The van der Waals surface area contributed by atoms with Crippen LogP contribution in [0.15, 0.2) is 32.9 Å². The summed E-state index contributed by atoms with van der Waals surface area (Å²) in [6.45, 7) is 2.34. The van der Waals surface area contributed by atoms with E-state index in [2.05, 4.69) is 10.3 Å². The molecule has 0 unspecified atom stereocenters. The minimum Gasteiger partial charge on any atom is -0.497 e. The number of ether oxygens (including phenoxy) is 2. The van der Waals surface area contributed by atoms with Crippen LogP contribution in [0.2, 0.25) is 0 Å². The Morgan fingerprint density at radius 1 is 1.17 bits per heavy atom. The fourth-order valence-electron chi connectivity index (χ4n) is 3.06. The van der Waals surface area contributed by atoms with Crippen molar-refractivity contribution in [2.45, 2.75) is 18.6 Å². The van der Waals surface area contributed by atoms with E-state index in [1.807, 2.05) is 6.92 Å². The van der Waals surface area contributed by atoms with Gasteiger partial charge in [-0.3, -0.25) is 18.7 Å². The fraction of sp³-hybridized carbons (Fsp3) is 0.368. The second-order valence-corrected chi connectivity index (χ2v) is 7.36. The van der Waals surface area contributed by atoms with Crippen LogP contribution in [0.1, 0.15) is 6.92 Å². The van der Waals surface area contributed by atoms with E-state index in [4.69, 9.17) is 9.47 Å². The molecule has 0 saturated carbocycles. The van der Waals surface area contributed by atoms with Crippen LogP contribution in [0.5, 0.6) is 11.5 Å². The number of hydrogen-bond acceptors (Lipinski definition) is 7. The van der Waals surface area contributed by atoms with E-state index in [9.17, 15) is 14.4 Å². The quantitative estimate of drug-likeness (QED) is 0.558. The topological polar surface area (TPSA) is 109 Å². The monoisotopic (exact) mass is 433 g/mol. The third-order valence-corrected chi connectivity index (χ3v) is 5.62. The Labute approximate surface area is 176 Å². The number of thioether (sulfide) groups is 1. The predicted octanol–water partition coefficient (Wildman–Crippen LogP) is 1.20. The predicted molar refractivity (Wildman–Crippen MR) is 115 cm³/mol. The molecular weight excluding hydrogens is 410 g/mol. The van der Waals surface area contributed by atoms with Crippen molar-refractivity contribution >= 4 is 34.5 Å². The van der Waals surface area contributed by atoms with Gasteiger partial charge in [0.15, 0.2) is 16.3 Å². The molecular formula is C19H23N5O5S. The number of fused-ring (bicyclic) bond motifs is 1. The van der Waals surface area contributed by atoms with Crippen molar-refractivity contribution in [3.63, 3.8) is 0 Å². The van der Waals surface area contributed by atoms with Gasteiger partial charge in [0.25, 0.3) is 5.56 Å². The maximum atomic E-state index is 12.6. The molecule has 160 valence electrons. The molecule has 1 aromatic carbocycles. The van der Waals surface area contributed by atoms with Gasteiger partial charge in [-0.2, -0.15) is 0 Å². The van der Waals surface area contributed by atoms with Gasteiger partial charge in [-0.25, -0.2) is 9.78 Å². The number of anilines is 1. The molecule has 0 spiro atoms. The van der Waals surface area contributed by atoms with Gasteiger partial charge < -0.3 is 19.4 Å². The molecule has 3 rings (SSSR count). The third kappa shape index (κ3) is 3.80. The number of imidazole rings is 1. The number of nitrogens with one attached hydrogen (secondary N) is 1. The van der Waals surface area contributed by atoms with Crippen LogP contribution in [-0.4, -0.2) is 44.6 Å². The first-order chi connectivity index (χ1) is 14.3. The number of methoxy groups -OCH3 is 2. The summed E-state index contributed by atoms with van der Waals surface area (Å²) < 4.78 is 14.5. The van der Waals surface area contributed by atoms with Crippen molar-refractivity contribution in [2.75, 3.05) is 25.3 Å². The van der Waals surface area contributed by atoms with Crippen LogP contribution >= 0.6 is 11.8 Å². The molecule has 2 heterocycles. The molecule has 0 bridgehead atoms. The second-order valence-electron chi connectivity index (χ2n) is 6.42. The highest BCUT2D eigenvalue weighted by atomic mass is 32.2. The first-order valence-corrected chi connectivity index (χ1v) is 10.1. The summed E-state index contributed by atoms with van der Waals surface area (Å²) in [7, 11) is 6.04. The summed E-state index contributed by atoms with van der Waals surface area (Å²) in [4.78, 5) is 41.7. The maximum absolute atomic E-state index is 12.6. The van der Waals surface area contributed by atoms with Gasteiger partial charge in [0.05, 0.1) is 25.7 Å². The zero-order valence-electron chi connectivity index (χ0n) is 17.4. The summed E-state index contributed by atoms with van der Waals surface area (Å²) in [6, 6.07) is 5.11. The number of nitrogens with zero attached hydrogens (tertiary/aromatic N) is 4. The molecule has 0 aliphatic heterocycles. The van der Waals surface area contributed by atoms with Crippen LogP contribution in [0.25, 0.3) is 11.2 Å². The maximum Gasteiger partial charge on any atom is 0.332 e. The average Bonchev–Trinajstić information content (AvgIpc) is 3.13. The van der Waals surface area contributed by atoms with Gasteiger partial charge in [-0.1, -0.05) is 11.8 Å². The SMILES string of the molecule is CCn1c(SCC(=O)Nc2cc(OC)ccc2OC)nc2c1c(=O)n(C)c(=O)n2C. The summed E-state index contributed by atoms with van der Waals surface area (Å²) in [5.74, 6) is 0.873. The Bertz CT molecular complexity index is 1230. The lowest BCUT2D eigenvalue weighted by Crippen LogP contribution is -2.37. The summed E-state index contributed by atoms with van der Waals surface area (Å²) in [5, 5.41) is 3.28. The van der Waals surface area contributed by atoms with E-state index in [1.165, 1.54) is 37.6 Å². The molecule has 2 aromatic heterocycles. The number of carbonyl (C=O) groups excluding carboxylic acids is 1. The van der Waals surface area contributed by atoms with E-state index >= 15 is 0 Å². The van der Waals surface area contributed by atoms with E-state index in [0.717, 1.165) is 4.57 Å². The van der Waals surface area contributed by atoms with Gasteiger partial charge in [0, 0.05) is 26.7 Å². The molecule has 30 heavy (non-hydrogen) atoms. The molecule has 1 amide bonds. The molecule has 0 saturated heterocycles. The number of amides is 1. The minimum atomic E-state index is -0.451. The van der Waals surface area contributed by atoms with Crippen molar-refractivity contribution < 1.29 is 14.3 Å². The van der Waals surface area contributed by atoms with Crippen molar-refractivity contribution in [1.82, 2.24) is 18.7 Å². The normalized spacial score (nSPS) is 11.0. The Morgan fingerprint density at radius 2 is 1.90 bits per heavy atom. The highest BCUT2D eigenvalue weighted by Crippen LogP contribution is 2.29. The smallest absolute Gasteiger partial charge is 0.332 e. The Balaban J connectivity index is 1.87. The van der Waals surface area contributed by atoms with Gasteiger partial charge >= 0.3 is 5.69 Å². The molecule has 3 aromatic rings. The molecule has 10 nitrogen and oxygen atoms in total. The van der Waals surface area contributed by atoms with Gasteiger partial charge in [0.1, 0.15) is 11.5 Å². The molecule has 0 aliphatic rings. The molecule has 11 heteroatoms. The Kier molecular flexibility index (Phi) is 6.20. The molecule has 0 fully saturated rings. The van der Waals surface area contributed by atoms with Gasteiger partial charge in [-0.05, 0) is 19.1 Å². The van der Waals surface area contributed by atoms with E-state index < -0.39 is 11.2 Å². The zero-order valence-corrected chi connectivity index (χ0v) is 18.2. The van der Waals surface area contributed by atoms with Gasteiger partial charge in [-0.15, -0.1) is 0 Å². The highest BCUT2D eigenvalue weighted by molar-refractivity contribution is 7.99. The Hall–Kier alpha value is -3.21. The molecule has 0 aliphatic carbocycles. The van der Waals surface area contributed by atoms with E-state index in [0.29, 0.717) is 40.1 Å². The first-order valence-electron chi connectivity index (χ1n) is 9.13. The van der Waals surface area contributed by atoms with Crippen molar-refractivity contribution in [1.29, 1.82) is 0 Å². The summed E-state index contributed by atoms with van der Waals surface area (Å²) in [6.07, 6.45) is 0. The number of rotatable bonds is 7. The lowest BCUT2D eigenvalue weighted by Gasteiger charge is -2.11. The summed E-state index contributed by atoms with van der Waals surface area (Å²) >= 11 is 1.18. The number of aromatic nitrogens is 4. The minimum absolute atomic E-state index is 0.0535. The van der Waals surface area contributed by atoms with Crippen LogP contribution in [0, 0.1) is 0 Å². The standard InChI is InChI=1S/C19H23N5O5S/c1-6-24-15-16(22(2)19(27)23(3)17(15)26)21-18(24)30-10-14(25)20-12-9-11(28-4)7-8-13(12)29-5/h7-9H,6,10H2,1-5H3,(H,20,25). The van der Waals surface area contributed by atoms with Crippen LogP contribution in [0.3, 0.4) is 0 Å². The first kappa shape index (κ1) is 21.5. The number of hydrogen-bond donors (Lipinski definition) is 1. The number of aryl methyl sites for hydroxylation is 2. The van der Waals surface area contributed by atoms with Crippen LogP contribution in [0.4, 0.5) is 5.69 Å². The molecule has 0 radical (unpaired) electrons. The molecule has 1 N–H and O–H groups in total. The highest BCUT2D eigenvalue weighted by Gasteiger charge is 2.19. The largest absolute Gasteiger partial charge is 0.497 e.